The van der Waals surface area contributed by atoms with Crippen LogP contribution in [0.4, 0.5) is 0 Å². The molecule has 0 aliphatic rings. The first kappa shape index (κ1) is 24.3. The van der Waals surface area contributed by atoms with Gasteiger partial charge in [-0.3, -0.25) is 19.3 Å². The summed E-state index contributed by atoms with van der Waals surface area (Å²) >= 11 is 0. The molecule has 0 bridgehead atoms. The Bertz CT molecular complexity index is 829. The molecule has 13 heteroatoms. The Morgan fingerprint density at radius 3 is 2.33 bits per heavy atom. The number of fused-ring (bicyclic) bond motifs is 1. The van der Waals surface area contributed by atoms with Crippen LogP contribution >= 0.6 is 0 Å². The molecule has 1 aromatic carbocycles. The summed E-state index contributed by atoms with van der Waals surface area (Å²) in [5.74, 6) is -1.23. The highest BCUT2D eigenvalue weighted by atomic mass is 32.3. The molecule has 0 fully saturated rings. The minimum atomic E-state index is -4.67. The number of benzene rings is 1. The average Bonchev–Trinajstić information content (AvgIpc) is 2.94. The van der Waals surface area contributed by atoms with Crippen LogP contribution < -0.4 is 11.2 Å². The van der Waals surface area contributed by atoms with E-state index in [4.69, 9.17) is 39.0 Å². The molecular formula is C14H23N5O7S. The van der Waals surface area contributed by atoms with Crippen molar-refractivity contribution in [3.05, 3.63) is 36.0 Å². The fourth-order valence-electron chi connectivity index (χ4n) is 1.82. The first-order valence-corrected chi connectivity index (χ1v) is 8.74. The minimum absolute atomic E-state index is 0.227. The van der Waals surface area contributed by atoms with E-state index in [0.717, 1.165) is 16.8 Å². The predicted molar refractivity (Wildman–Crippen MR) is 98.1 cm³/mol. The lowest BCUT2D eigenvalue weighted by Gasteiger charge is -2.12. The summed E-state index contributed by atoms with van der Waals surface area (Å²) in [5.41, 5.74) is 9.47. The van der Waals surface area contributed by atoms with E-state index in [2.05, 4.69) is 16.5 Å². The molecule has 152 valence electrons. The smallest absolute Gasteiger partial charge is 0.394 e. The normalized spacial score (nSPS) is 10.2. The van der Waals surface area contributed by atoms with Gasteiger partial charge in [0.1, 0.15) is 6.54 Å². The van der Waals surface area contributed by atoms with E-state index >= 15 is 0 Å². The first-order valence-electron chi connectivity index (χ1n) is 7.34. The van der Waals surface area contributed by atoms with Gasteiger partial charge in [0, 0.05) is 30.7 Å². The van der Waals surface area contributed by atoms with Crippen LogP contribution in [0.1, 0.15) is 5.56 Å². The van der Waals surface area contributed by atoms with Crippen molar-refractivity contribution >= 4 is 33.2 Å². The molecule has 0 unspecified atom stereocenters. The van der Waals surface area contributed by atoms with E-state index in [-0.39, 0.29) is 12.5 Å². The number of aromatic nitrogens is 1. The number of carbonyl (C=O) groups is 1. The number of hydroxylamine groups is 1. The van der Waals surface area contributed by atoms with Crippen molar-refractivity contribution in [2.45, 2.75) is 6.42 Å². The summed E-state index contributed by atoms with van der Waals surface area (Å²) in [5, 5.41) is 24.6. The highest BCUT2D eigenvalue weighted by Gasteiger charge is 2.03. The van der Waals surface area contributed by atoms with Crippen LogP contribution in [0.15, 0.2) is 30.5 Å². The average molecular weight is 405 g/mol. The molecule has 1 aromatic heterocycles. The molecule has 0 atom stereocenters. The van der Waals surface area contributed by atoms with Crippen molar-refractivity contribution in [3.8, 4) is 0 Å². The van der Waals surface area contributed by atoms with Crippen LogP contribution in [0.2, 0.25) is 0 Å². The fourth-order valence-corrected chi connectivity index (χ4v) is 1.82. The van der Waals surface area contributed by atoms with Crippen LogP contribution in [0.25, 0.3) is 10.9 Å². The lowest BCUT2D eigenvalue weighted by molar-refractivity contribution is -0.137. The van der Waals surface area contributed by atoms with Crippen molar-refractivity contribution in [3.63, 3.8) is 0 Å². The molecule has 0 spiro atoms. The van der Waals surface area contributed by atoms with Gasteiger partial charge in [0.25, 0.3) is 0 Å². The number of likely N-dealkylation sites (N-methyl/N-ethyl adjacent to an activating group) is 1. The van der Waals surface area contributed by atoms with Crippen molar-refractivity contribution in [2.24, 2.45) is 5.73 Å². The summed E-state index contributed by atoms with van der Waals surface area (Å²) in [6.07, 6.45) is 2.82. The molecule has 12 nitrogen and oxygen atoms in total. The number of guanidine groups is 1. The highest BCUT2D eigenvalue weighted by Crippen LogP contribution is 2.17. The summed E-state index contributed by atoms with van der Waals surface area (Å²) in [6, 6.07) is 8.16. The molecule has 0 saturated carbocycles. The van der Waals surface area contributed by atoms with E-state index in [9.17, 15) is 4.79 Å². The SMILES string of the molecule is CN(CC(=O)O)C(=N)N.O=S(=O)(O)O.ONCCc1c[nH]c2ccccc12. The van der Waals surface area contributed by atoms with E-state index in [1.807, 2.05) is 24.4 Å². The van der Waals surface area contributed by atoms with Gasteiger partial charge >= 0.3 is 16.4 Å². The fraction of sp³-hybridized carbons (Fsp3) is 0.286. The molecule has 9 N–H and O–H groups in total. The molecule has 2 aromatic rings. The Morgan fingerprint density at radius 1 is 1.33 bits per heavy atom. The number of aliphatic carboxylic acids is 1. The largest absolute Gasteiger partial charge is 0.480 e. The van der Waals surface area contributed by atoms with Gasteiger partial charge in [-0.15, -0.1) is 0 Å². The maximum absolute atomic E-state index is 9.92. The standard InChI is InChI=1S/C10H12N2O.C4H9N3O2.H2O4S/c13-12-6-5-8-7-11-10-4-2-1-3-9(8)10;1-7(4(5)6)2-3(8)9;1-5(2,3)4/h1-4,7,11-13H,5-6H2;2H2,1H3,(H3,5,6)(H,8,9);(H2,1,2,3,4). The Balaban J connectivity index is 0.000000423. The molecule has 27 heavy (non-hydrogen) atoms. The van der Waals surface area contributed by atoms with Gasteiger partial charge in [0.05, 0.1) is 0 Å². The zero-order chi connectivity index (χ0) is 21.0. The predicted octanol–water partition coefficient (Wildman–Crippen LogP) is -0.0673. The number of carboxylic acids is 1. The Hall–Kier alpha value is -2.71. The maximum atomic E-state index is 9.92. The van der Waals surface area contributed by atoms with Crippen molar-refractivity contribution in [1.82, 2.24) is 15.4 Å². The van der Waals surface area contributed by atoms with E-state index < -0.39 is 16.4 Å². The van der Waals surface area contributed by atoms with Gasteiger partial charge in [0.2, 0.25) is 0 Å². The number of nitrogens with two attached hydrogens (primary N) is 1. The number of H-pyrrole nitrogens is 1. The second-order valence-corrected chi connectivity index (χ2v) is 6.00. The lowest BCUT2D eigenvalue weighted by Crippen LogP contribution is -2.36. The van der Waals surface area contributed by atoms with Gasteiger partial charge in [-0.1, -0.05) is 18.2 Å². The number of nitrogens with one attached hydrogen (secondary N) is 3. The Kier molecular flexibility index (Phi) is 10.6. The van der Waals surface area contributed by atoms with E-state index in [0.29, 0.717) is 6.54 Å². The number of hydrogen-bond donors (Lipinski definition) is 8. The second kappa shape index (κ2) is 11.8. The monoisotopic (exact) mass is 405 g/mol. The highest BCUT2D eigenvalue weighted by molar-refractivity contribution is 7.79. The summed E-state index contributed by atoms with van der Waals surface area (Å²) < 4.78 is 31.6. The van der Waals surface area contributed by atoms with Gasteiger partial charge in [-0.25, -0.2) is 5.48 Å². The lowest BCUT2D eigenvalue weighted by atomic mass is 10.1. The number of nitrogens with zero attached hydrogens (tertiary/aromatic N) is 1. The van der Waals surface area contributed by atoms with Crippen LogP contribution in [0.5, 0.6) is 0 Å². The molecule has 1 heterocycles. The zero-order valence-electron chi connectivity index (χ0n) is 14.5. The third-order valence-electron chi connectivity index (χ3n) is 2.96. The molecule has 0 aliphatic heterocycles. The summed E-state index contributed by atoms with van der Waals surface area (Å²) in [6.45, 7) is 0.358. The molecule has 0 amide bonds. The second-order valence-electron chi connectivity index (χ2n) is 5.10. The maximum Gasteiger partial charge on any atom is 0.394 e. The third-order valence-corrected chi connectivity index (χ3v) is 2.96. The van der Waals surface area contributed by atoms with Crippen LogP contribution in [0.3, 0.4) is 0 Å². The van der Waals surface area contributed by atoms with Gasteiger partial charge < -0.3 is 25.9 Å². The zero-order valence-corrected chi connectivity index (χ0v) is 15.3. The minimum Gasteiger partial charge on any atom is -0.480 e. The Morgan fingerprint density at radius 2 is 1.89 bits per heavy atom. The molecule has 0 saturated heterocycles. The number of carboxylic acid groups (broad SMARTS) is 1. The van der Waals surface area contributed by atoms with Gasteiger partial charge in [-0.2, -0.15) is 8.42 Å². The van der Waals surface area contributed by atoms with E-state index in [1.54, 1.807) is 0 Å². The van der Waals surface area contributed by atoms with E-state index in [1.165, 1.54) is 18.0 Å². The van der Waals surface area contributed by atoms with Crippen LogP contribution in [-0.4, -0.2) is 69.8 Å². The van der Waals surface area contributed by atoms with Gasteiger partial charge in [0.15, 0.2) is 5.96 Å². The van der Waals surface area contributed by atoms with Gasteiger partial charge in [-0.05, 0) is 18.1 Å². The molecule has 0 radical (unpaired) electrons. The van der Waals surface area contributed by atoms with Crippen molar-refractivity contribution in [1.29, 1.82) is 5.41 Å². The van der Waals surface area contributed by atoms with Crippen LogP contribution in [-0.2, 0) is 21.6 Å². The van der Waals surface area contributed by atoms with Crippen molar-refractivity contribution in [2.75, 3.05) is 20.1 Å². The number of aromatic amines is 1. The first-order chi connectivity index (χ1) is 12.5. The third kappa shape index (κ3) is 12.3. The molecule has 2 rings (SSSR count). The molecular weight excluding hydrogens is 382 g/mol. The summed E-state index contributed by atoms with van der Waals surface area (Å²) in [4.78, 5) is 14.2. The number of hydrogen-bond acceptors (Lipinski definition) is 6. The number of para-hydroxylation sites is 1. The van der Waals surface area contributed by atoms with Crippen LogP contribution in [0, 0.1) is 5.41 Å². The quantitative estimate of drug-likeness (QED) is 0.143. The van der Waals surface area contributed by atoms with Crippen molar-refractivity contribution < 1.29 is 32.6 Å². The Labute approximate surface area is 155 Å². The molecule has 0 aliphatic carbocycles. The number of rotatable bonds is 5. The topological polar surface area (TPSA) is 213 Å². The summed E-state index contributed by atoms with van der Waals surface area (Å²) in [7, 11) is -3.23.